The van der Waals surface area contributed by atoms with Gasteiger partial charge >= 0.3 is 0 Å². The topological polar surface area (TPSA) is 0 Å². The van der Waals surface area contributed by atoms with Gasteiger partial charge in [0, 0.05) is 11.5 Å². The average Bonchev–Trinajstić information content (AvgIpc) is 2.49. The molecule has 1 heterocycles. The van der Waals surface area contributed by atoms with Crippen molar-refractivity contribution in [2.75, 3.05) is 11.5 Å². The first-order chi connectivity index (χ1) is 6.18. The maximum atomic E-state index is 2.35. The van der Waals surface area contributed by atoms with E-state index in [1.165, 1.54) is 37.2 Å². The van der Waals surface area contributed by atoms with E-state index in [1.807, 2.05) is 0 Å². The van der Waals surface area contributed by atoms with Gasteiger partial charge in [-0.25, -0.2) is 0 Å². The maximum absolute atomic E-state index is 2.35. The standard InChI is InChI=1S/C11H22S2/c1-4-5-6-11(9-10(2)3)12-7-8-13-11/h10H,4-9H2,1-3H3. The summed E-state index contributed by atoms with van der Waals surface area (Å²) in [4.78, 5) is 0. The number of thioether (sulfide) groups is 2. The Morgan fingerprint density at radius 2 is 1.85 bits per heavy atom. The zero-order valence-electron chi connectivity index (χ0n) is 9.14. The predicted octanol–water partition coefficient (Wildman–Crippen LogP) is 4.40. The lowest BCUT2D eigenvalue weighted by atomic mass is 10.0. The molecule has 0 amide bonds. The average molecular weight is 218 g/mol. The monoisotopic (exact) mass is 218 g/mol. The van der Waals surface area contributed by atoms with Crippen LogP contribution in [0.25, 0.3) is 0 Å². The lowest BCUT2D eigenvalue weighted by molar-refractivity contribution is 0.513. The zero-order valence-corrected chi connectivity index (χ0v) is 10.8. The van der Waals surface area contributed by atoms with Crippen LogP contribution in [0, 0.1) is 5.92 Å². The van der Waals surface area contributed by atoms with Crippen LogP contribution in [0.15, 0.2) is 0 Å². The third-order valence-corrected chi connectivity index (χ3v) is 6.02. The van der Waals surface area contributed by atoms with Gasteiger partial charge in [0.2, 0.25) is 0 Å². The number of rotatable bonds is 5. The van der Waals surface area contributed by atoms with E-state index < -0.39 is 0 Å². The van der Waals surface area contributed by atoms with E-state index in [0.29, 0.717) is 4.08 Å². The van der Waals surface area contributed by atoms with E-state index in [9.17, 15) is 0 Å². The van der Waals surface area contributed by atoms with Crippen molar-refractivity contribution in [3.63, 3.8) is 0 Å². The van der Waals surface area contributed by atoms with Crippen LogP contribution in [0.3, 0.4) is 0 Å². The van der Waals surface area contributed by atoms with Gasteiger partial charge in [-0.3, -0.25) is 0 Å². The molecule has 0 nitrogen and oxygen atoms in total. The quantitative estimate of drug-likeness (QED) is 0.671. The Morgan fingerprint density at radius 3 is 2.31 bits per heavy atom. The van der Waals surface area contributed by atoms with Gasteiger partial charge in [0.1, 0.15) is 0 Å². The van der Waals surface area contributed by atoms with Crippen molar-refractivity contribution in [2.24, 2.45) is 5.92 Å². The molecule has 78 valence electrons. The maximum Gasteiger partial charge on any atom is 0.0614 e. The molecule has 0 unspecified atom stereocenters. The summed E-state index contributed by atoms with van der Waals surface area (Å²) >= 11 is 4.44. The zero-order chi connectivity index (χ0) is 9.73. The second-order valence-corrected chi connectivity index (χ2v) is 7.52. The Morgan fingerprint density at radius 1 is 1.23 bits per heavy atom. The minimum Gasteiger partial charge on any atom is -0.143 e. The number of unbranched alkanes of at least 4 members (excludes halogenated alkanes) is 1. The Balaban J connectivity index is 2.42. The third-order valence-electron chi connectivity index (χ3n) is 2.44. The van der Waals surface area contributed by atoms with Crippen LogP contribution < -0.4 is 0 Å². The predicted molar refractivity (Wildman–Crippen MR) is 66.6 cm³/mol. The highest BCUT2D eigenvalue weighted by Crippen LogP contribution is 2.51. The molecule has 0 aromatic heterocycles. The van der Waals surface area contributed by atoms with E-state index in [2.05, 4.69) is 44.3 Å². The SMILES string of the molecule is CCCCC1(CC(C)C)SCCS1. The molecule has 0 N–H and O–H groups in total. The molecule has 1 rings (SSSR count). The molecule has 1 aliphatic heterocycles. The highest BCUT2D eigenvalue weighted by Gasteiger charge is 2.35. The fourth-order valence-corrected chi connectivity index (χ4v) is 5.65. The first-order valence-electron chi connectivity index (χ1n) is 5.46. The van der Waals surface area contributed by atoms with Crippen molar-refractivity contribution in [3.05, 3.63) is 0 Å². The first-order valence-corrected chi connectivity index (χ1v) is 7.43. The van der Waals surface area contributed by atoms with Crippen LogP contribution in [-0.4, -0.2) is 15.6 Å². The largest absolute Gasteiger partial charge is 0.143 e. The summed E-state index contributed by atoms with van der Waals surface area (Å²) in [6.45, 7) is 7.01. The van der Waals surface area contributed by atoms with Gasteiger partial charge in [0.05, 0.1) is 4.08 Å². The summed E-state index contributed by atoms with van der Waals surface area (Å²) in [5.74, 6) is 3.61. The Bertz CT molecular complexity index is 137. The van der Waals surface area contributed by atoms with E-state index >= 15 is 0 Å². The Hall–Kier alpha value is 0.700. The number of hydrogen-bond acceptors (Lipinski definition) is 2. The minimum absolute atomic E-state index is 0.601. The smallest absolute Gasteiger partial charge is 0.0614 e. The molecule has 0 spiro atoms. The van der Waals surface area contributed by atoms with E-state index in [-0.39, 0.29) is 0 Å². The molecule has 0 saturated carbocycles. The summed E-state index contributed by atoms with van der Waals surface area (Å²) in [5.41, 5.74) is 0. The second kappa shape index (κ2) is 5.55. The van der Waals surface area contributed by atoms with Gasteiger partial charge in [-0.1, -0.05) is 33.6 Å². The minimum atomic E-state index is 0.601. The molecular formula is C11H22S2. The first kappa shape index (κ1) is 11.8. The molecule has 2 heteroatoms. The van der Waals surface area contributed by atoms with E-state index in [1.54, 1.807) is 0 Å². The van der Waals surface area contributed by atoms with Gasteiger partial charge in [0.25, 0.3) is 0 Å². The van der Waals surface area contributed by atoms with Crippen molar-refractivity contribution >= 4 is 23.5 Å². The van der Waals surface area contributed by atoms with Gasteiger partial charge < -0.3 is 0 Å². The highest BCUT2D eigenvalue weighted by molar-refractivity contribution is 8.21. The van der Waals surface area contributed by atoms with Crippen LogP contribution in [0.2, 0.25) is 0 Å². The van der Waals surface area contributed by atoms with Crippen LogP contribution >= 0.6 is 23.5 Å². The summed E-state index contributed by atoms with van der Waals surface area (Å²) in [5, 5.41) is 0. The summed E-state index contributed by atoms with van der Waals surface area (Å²) < 4.78 is 0.601. The Labute approximate surface area is 91.6 Å². The van der Waals surface area contributed by atoms with Crippen molar-refractivity contribution in [3.8, 4) is 0 Å². The van der Waals surface area contributed by atoms with Crippen molar-refractivity contribution in [1.29, 1.82) is 0 Å². The van der Waals surface area contributed by atoms with Gasteiger partial charge in [-0.05, 0) is 18.8 Å². The molecule has 1 aliphatic rings. The van der Waals surface area contributed by atoms with Crippen molar-refractivity contribution in [2.45, 2.75) is 50.5 Å². The summed E-state index contributed by atoms with van der Waals surface area (Å²) in [6.07, 6.45) is 5.59. The number of hydrogen-bond donors (Lipinski definition) is 0. The van der Waals surface area contributed by atoms with Crippen LogP contribution in [0.1, 0.15) is 46.5 Å². The molecule has 0 radical (unpaired) electrons. The van der Waals surface area contributed by atoms with E-state index in [4.69, 9.17) is 0 Å². The van der Waals surface area contributed by atoms with Gasteiger partial charge in [-0.2, -0.15) is 0 Å². The van der Waals surface area contributed by atoms with Crippen LogP contribution in [-0.2, 0) is 0 Å². The lowest BCUT2D eigenvalue weighted by Crippen LogP contribution is -2.19. The van der Waals surface area contributed by atoms with E-state index in [0.717, 1.165) is 5.92 Å². The molecule has 1 fully saturated rings. The molecule has 1 saturated heterocycles. The third kappa shape index (κ3) is 3.75. The summed E-state index contributed by atoms with van der Waals surface area (Å²) in [7, 11) is 0. The van der Waals surface area contributed by atoms with Crippen molar-refractivity contribution in [1.82, 2.24) is 0 Å². The van der Waals surface area contributed by atoms with Gasteiger partial charge in [0.15, 0.2) is 0 Å². The molecule has 13 heavy (non-hydrogen) atoms. The fraction of sp³-hybridized carbons (Fsp3) is 1.00. The molecule has 0 bridgehead atoms. The highest BCUT2D eigenvalue weighted by atomic mass is 32.2. The normalized spacial score (nSPS) is 21.2. The Kier molecular flexibility index (Phi) is 5.03. The molecule has 0 aromatic rings. The van der Waals surface area contributed by atoms with Crippen LogP contribution in [0.5, 0.6) is 0 Å². The molecule has 0 aromatic carbocycles. The summed E-state index contributed by atoms with van der Waals surface area (Å²) in [6, 6.07) is 0. The second-order valence-electron chi connectivity index (χ2n) is 4.31. The fourth-order valence-electron chi connectivity index (χ4n) is 1.93. The van der Waals surface area contributed by atoms with Crippen molar-refractivity contribution < 1.29 is 0 Å². The van der Waals surface area contributed by atoms with Crippen LogP contribution in [0.4, 0.5) is 0 Å². The molecule has 0 atom stereocenters. The molecular weight excluding hydrogens is 196 g/mol. The molecule has 0 aliphatic carbocycles. The van der Waals surface area contributed by atoms with Gasteiger partial charge in [-0.15, -0.1) is 23.5 Å². The lowest BCUT2D eigenvalue weighted by Gasteiger charge is -2.29.